The SMILES string of the molecule is CC(=O)NC1C2CCC1CN(c1nnc(-c3cnc(-c4ccc5cc(C#N)cnn45)cc3NC3CCOCC3)s1)C2. The van der Waals surface area contributed by atoms with Crippen LogP contribution < -0.4 is 15.5 Å². The Morgan fingerprint density at radius 2 is 1.90 bits per heavy atom. The Bertz CT molecular complexity index is 1620. The van der Waals surface area contributed by atoms with E-state index in [1.54, 1.807) is 24.5 Å². The first kappa shape index (κ1) is 25.9. The Morgan fingerprint density at radius 1 is 1.10 bits per heavy atom. The summed E-state index contributed by atoms with van der Waals surface area (Å²) in [7, 11) is 0. The number of nitrogens with one attached hydrogen (secondary N) is 2. The van der Waals surface area contributed by atoms with E-state index in [4.69, 9.17) is 9.72 Å². The van der Waals surface area contributed by atoms with Crippen molar-refractivity contribution in [3.05, 3.63) is 42.2 Å². The molecule has 2 bridgehead atoms. The lowest BCUT2D eigenvalue weighted by Crippen LogP contribution is -2.52. The van der Waals surface area contributed by atoms with Gasteiger partial charge in [-0.15, -0.1) is 10.2 Å². The molecular weight excluding hydrogens is 538 g/mol. The lowest BCUT2D eigenvalue weighted by Gasteiger charge is -2.37. The molecule has 6 heterocycles. The molecule has 4 aromatic rings. The van der Waals surface area contributed by atoms with Crippen molar-refractivity contribution in [1.29, 1.82) is 5.26 Å². The highest BCUT2D eigenvalue weighted by Gasteiger charge is 2.43. The van der Waals surface area contributed by atoms with Crippen LogP contribution in [-0.2, 0) is 9.53 Å². The maximum atomic E-state index is 11.7. The summed E-state index contributed by atoms with van der Waals surface area (Å²) in [6.45, 7) is 4.83. The second-order valence-corrected chi connectivity index (χ2v) is 12.1. The number of pyridine rings is 1. The summed E-state index contributed by atoms with van der Waals surface area (Å²) < 4.78 is 7.40. The smallest absolute Gasteiger partial charge is 0.217 e. The molecule has 2 aliphatic heterocycles. The normalized spacial score (nSPS) is 22.5. The van der Waals surface area contributed by atoms with Crippen molar-refractivity contribution in [2.45, 2.75) is 44.7 Å². The number of piperidine rings is 1. The molecular formula is C29H31N9O2S. The van der Waals surface area contributed by atoms with Crippen LogP contribution in [0.1, 0.15) is 38.2 Å². The molecule has 2 N–H and O–H groups in total. The fourth-order valence-corrected chi connectivity index (χ4v) is 7.39. The van der Waals surface area contributed by atoms with Gasteiger partial charge in [-0.25, -0.2) is 4.52 Å². The predicted octanol–water partition coefficient (Wildman–Crippen LogP) is 3.73. The molecule has 210 valence electrons. The van der Waals surface area contributed by atoms with Crippen LogP contribution in [0.4, 0.5) is 10.8 Å². The van der Waals surface area contributed by atoms with Gasteiger partial charge in [0.25, 0.3) is 0 Å². The fraction of sp³-hybridized carbons (Fsp3) is 0.448. The Kier molecular flexibility index (Phi) is 6.76. The number of amides is 1. The van der Waals surface area contributed by atoms with Crippen LogP contribution in [-0.4, -0.2) is 69.1 Å². The van der Waals surface area contributed by atoms with E-state index in [0.29, 0.717) is 17.4 Å². The molecule has 11 nitrogen and oxygen atoms in total. The minimum atomic E-state index is 0.0508. The molecule has 41 heavy (non-hydrogen) atoms. The quantitative estimate of drug-likeness (QED) is 0.356. The van der Waals surface area contributed by atoms with Gasteiger partial charge in [-0.3, -0.25) is 9.78 Å². The van der Waals surface area contributed by atoms with Crippen molar-refractivity contribution < 1.29 is 9.53 Å². The zero-order valence-electron chi connectivity index (χ0n) is 22.8. The summed E-state index contributed by atoms with van der Waals surface area (Å²) in [6.07, 6.45) is 7.55. The Labute approximate surface area is 241 Å². The van der Waals surface area contributed by atoms with Gasteiger partial charge in [0, 0.05) is 57.2 Å². The molecule has 1 amide bonds. The van der Waals surface area contributed by atoms with Crippen LogP contribution in [0.25, 0.3) is 27.5 Å². The lowest BCUT2D eigenvalue weighted by molar-refractivity contribution is -0.120. The second kappa shape index (κ2) is 10.7. The van der Waals surface area contributed by atoms with Gasteiger partial charge in [-0.05, 0) is 61.8 Å². The van der Waals surface area contributed by atoms with Crippen LogP contribution >= 0.6 is 11.3 Å². The second-order valence-electron chi connectivity index (χ2n) is 11.2. The van der Waals surface area contributed by atoms with Crippen LogP contribution in [0, 0.1) is 23.2 Å². The Balaban J connectivity index is 1.19. The molecule has 2 unspecified atom stereocenters. The van der Waals surface area contributed by atoms with Crippen LogP contribution in [0.3, 0.4) is 0 Å². The average molecular weight is 570 g/mol. The summed E-state index contributed by atoms with van der Waals surface area (Å²) in [4.78, 5) is 18.9. The van der Waals surface area contributed by atoms with E-state index in [0.717, 1.165) is 90.3 Å². The Hall–Kier alpha value is -4.08. The van der Waals surface area contributed by atoms with Crippen molar-refractivity contribution >= 4 is 33.6 Å². The first-order valence-corrected chi connectivity index (χ1v) is 15.0. The standard InChI is InChI=1S/C29H31N9O2S/c1-17(39)33-27-19-2-3-20(27)16-37(15-19)29-36-35-28(41-29)23-14-31-25(11-24(23)34-21-6-8-40-9-7-21)26-5-4-22-10-18(12-30)13-32-38(22)26/h4-5,10-11,13-14,19-21,27H,2-3,6-9,15-16H2,1H3,(H,31,34)(H,33,39). The third kappa shape index (κ3) is 5.00. The zero-order valence-corrected chi connectivity index (χ0v) is 23.6. The molecule has 1 aliphatic carbocycles. The molecule has 1 saturated carbocycles. The number of nitrogens with zero attached hydrogens (tertiary/aromatic N) is 7. The van der Waals surface area contributed by atoms with E-state index in [1.165, 1.54) is 0 Å². The highest BCUT2D eigenvalue weighted by molar-refractivity contribution is 7.18. The molecule has 3 fully saturated rings. The van der Waals surface area contributed by atoms with E-state index in [9.17, 15) is 10.1 Å². The first-order chi connectivity index (χ1) is 20.1. The number of fused-ring (bicyclic) bond motifs is 3. The summed E-state index contributed by atoms with van der Waals surface area (Å²) in [5, 5.41) is 31.6. The van der Waals surface area contributed by atoms with Gasteiger partial charge in [0.15, 0.2) is 5.01 Å². The van der Waals surface area contributed by atoms with Crippen molar-refractivity contribution in [3.8, 4) is 28.0 Å². The van der Waals surface area contributed by atoms with Crippen molar-refractivity contribution in [2.75, 3.05) is 36.5 Å². The minimum Gasteiger partial charge on any atom is -0.381 e. The highest BCUT2D eigenvalue weighted by atomic mass is 32.1. The number of nitriles is 1. The van der Waals surface area contributed by atoms with Gasteiger partial charge in [-0.1, -0.05) is 11.3 Å². The maximum Gasteiger partial charge on any atom is 0.217 e. The molecule has 4 aromatic heterocycles. The topological polar surface area (TPSA) is 133 Å². The molecule has 12 heteroatoms. The van der Waals surface area contributed by atoms with Crippen molar-refractivity contribution in [3.63, 3.8) is 0 Å². The van der Waals surface area contributed by atoms with Gasteiger partial charge in [0.1, 0.15) is 6.07 Å². The average Bonchev–Trinajstić information content (AvgIpc) is 3.69. The minimum absolute atomic E-state index is 0.0508. The molecule has 0 aromatic carbocycles. The number of hydrogen-bond acceptors (Lipinski definition) is 10. The van der Waals surface area contributed by atoms with E-state index < -0.39 is 0 Å². The van der Waals surface area contributed by atoms with E-state index in [-0.39, 0.29) is 18.0 Å². The highest BCUT2D eigenvalue weighted by Crippen LogP contribution is 2.41. The number of aromatic nitrogens is 5. The lowest BCUT2D eigenvalue weighted by atomic mass is 9.92. The van der Waals surface area contributed by atoms with E-state index in [1.807, 2.05) is 28.9 Å². The number of carbonyl (C=O) groups excluding carboxylic acids is 1. The summed E-state index contributed by atoms with van der Waals surface area (Å²) in [6, 6.07) is 10.5. The first-order valence-electron chi connectivity index (χ1n) is 14.1. The molecule has 2 saturated heterocycles. The Morgan fingerprint density at radius 3 is 2.66 bits per heavy atom. The third-order valence-electron chi connectivity index (χ3n) is 8.50. The van der Waals surface area contributed by atoms with Crippen LogP contribution in [0.5, 0.6) is 0 Å². The molecule has 2 atom stereocenters. The van der Waals surface area contributed by atoms with Crippen LogP contribution in [0.15, 0.2) is 36.7 Å². The maximum absolute atomic E-state index is 11.7. The number of anilines is 2. The fourth-order valence-electron chi connectivity index (χ4n) is 6.50. The summed E-state index contributed by atoms with van der Waals surface area (Å²) >= 11 is 1.59. The van der Waals surface area contributed by atoms with Gasteiger partial charge >= 0.3 is 0 Å². The molecule has 7 rings (SSSR count). The van der Waals surface area contributed by atoms with Gasteiger partial charge < -0.3 is 20.3 Å². The van der Waals surface area contributed by atoms with E-state index >= 15 is 0 Å². The molecule has 0 spiro atoms. The predicted molar refractivity (Wildman–Crippen MR) is 156 cm³/mol. The number of ether oxygens (including phenoxy) is 1. The number of carbonyl (C=O) groups is 1. The third-order valence-corrected chi connectivity index (χ3v) is 9.51. The number of hydrogen-bond donors (Lipinski definition) is 2. The van der Waals surface area contributed by atoms with Crippen molar-refractivity contribution in [2.24, 2.45) is 11.8 Å². The van der Waals surface area contributed by atoms with Crippen molar-refractivity contribution in [1.82, 2.24) is 30.1 Å². The largest absolute Gasteiger partial charge is 0.381 e. The molecule has 0 radical (unpaired) electrons. The van der Waals surface area contributed by atoms with Gasteiger partial charge in [-0.2, -0.15) is 10.4 Å². The van der Waals surface area contributed by atoms with Gasteiger partial charge in [0.05, 0.1) is 34.2 Å². The summed E-state index contributed by atoms with van der Waals surface area (Å²) in [5.41, 5.74) is 4.86. The van der Waals surface area contributed by atoms with E-state index in [2.05, 4.69) is 43.0 Å². The number of rotatable bonds is 6. The molecule has 3 aliphatic rings. The van der Waals surface area contributed by atoms with Crippen LogP contribution in [0.2, 0.25) is 0 Å². The monoisotopic (exact) mass is 569 g/mol. The van der Waals surface area contributed by atoms with Gasteiger partial charge in [0.2, 0.25) is 11.0 Å². The summed E-state index contributed by atoms with van der Waals surface area (Å²) in [5.74, 6) is 0.924. The zero-order chi connectivity index (χ0) is 27.9.